The number of aryl methyl sites for hydroxylation is 2. The molecule has 2 heteroatoms. The van der Waals surface area contributed by atoms with Gasteiger partial charge in [-0.25, -0.2) is 0 Å². The Morgan fingerprint density at radius 3 is 2.50 bits per heavy atom. The fourth-order valence-electron chi connectivity index (χ4n) is 0.944. The molecule has 0 spiro atoms. The molecule has 0 unspecified atom stereocenters. The highest BCUT2D eigenvalue weighted by molar-refractivity contribution is 14.1. The van der Waals surface area contributed by atoms with Gasteiger partial charge in [-0.2, -0.15) is 0 Å². The molecule has 1 rings (SSSR count). The number of rotatable bonds is 1. The lowest BCUT2D eigenvalue weighted by atomic mass is 10.2. The van der Waals surface area contributed by atoms with E-state index in [-0.39, 0.29) is 16.5 Å². The number of halogens is 1. The molecule has 0 aromatic heterocycles. The van der Waals surface area contributed by atoms with Crippen LogP contribution in [0.25, 0.3) is 0 Å². The van der Waals surface area contributed by atoms with E-state index in [1.165, 1.54) is 11.1 Å². The molecule has 0 saturated carbocycles. The summed E-state index contributed by atoms with van der Waals surface area (Å²) in [6, 6.07) is 6.71. The van der Waals surface area contributed by atoms with Crippen LogP contribution < -0.4 is 3.69 Å². The van der Waals surface area contributed by atoms with Crippen LogP contribution in [0.2, 0.25) is 0 Å². The lowest BCUT2D eigenvalue weighted by Crippen LogP contribution is -2.12. The Kier molecular flexibility index (Phi) is 3.46. The lowest BCUT2D eigenvalue weighted by molar-refractivity contribution is 1.43. The lowest BCUT2D eigenvalue weighted by Gasteiger charge is -2.01. The standard InChI is InChI=1S/C8H9.HI.Mg/c1-7-3-5-8(2)6-4-7;;/h3-5H,1-2H3;1H;/q;;+1/p-1. The van der Waals surface area contributed by atoms with Gasteiger partial charge in [0.25, 0.3) is 0 Å². The van der Waals surface area contributed by atoms with Crippen molar-refractivity contribution in [3.63, 3.8) is 0 Å². The van der Waals surface area contributed by atoms with Gasteiger partial charge >= 0.3 is 16.5 Å². The largest absolute Gasteiger partial charge is 0.502 e. The average molecular weight is 256 g/mol. The fourth-order valence-corrected chi connectivity index (χ4v) is 4.14. The SMILES string of the molecule is Cc1ccc(C)[c]([Mg][I])c1. The second kappa shape index (κ2) is 3.92. The minimum atomic E-state index is 0.0109. The molecule has 0 aliphatic heterocycles. The van der Waals surface area contributed by atoms with E-state index < -0.39 is 0 Å². The van der Waals surface area contributed by atoms with Crippen LogP contribution in [-0.4, -0.2) is 16.5 Å². The van der Waals surface area contributed by atoms with Crippen LogP contribution in [0, 0.1) is 13.8 Å². The van der Waals surface area contributed by atoms with Crippen molar-refractivity contribution in [2.24, 2.45) is 0 Å². The first-order valence-electron chi connectivity index (χ1n) is 3.36. The molecule has 0 radical (unpaired) electrons. The smallest absolute Gasteiger partial charge is 0.291 e. The van der Waals surface area contributed by atoms with Crippen LogP contribution in [0.5, 0.6) is 0 Å². The second-order valence-electron chi connectivity index (χ2n) is 2.56. The number of hydrogen-bond acceptors (Lipinski definition) is 0. The van der Waals surface area contributed by atoms with E-state index in [0.29, 0.717) is 0 Å². The van der Waals surface area contributed by atoms with Gasteiger partial charge in [-0.15, -0.1) is 3.69 Å². The van der Waals surface area contributed by atoms with Gasteiger partial charge in [0.05, 0.1) is 0 Å². The normalized spacial score (nSPS) is 9.10. The monoisotopic (exact) mass is 256 g/mol. The average Bonchev–Trinajstić information content (AvgIpc) is 1.94. The Balaban J connectivity index is 3.09. The Morgan fingerprint density at radius 2 is 2.00 bits per heavy atom. The number of benzene rings is 1. The summed E-state index contributed by atoms with van der Waals surface area (Å²) < 4.78 is 1.60. The maximum Gasteiger partial charge on any atom is 0.502 e. The molecule has 0 aliphatic carbocycles. The molecular formula is C8H9IMg. The van der Waals surface area contributed by atoms with E-state index in [0.717, 1.165) is 0 Å². The van der Waals surface area contributed by atoms with Crippen LogP contribution >= 0.6 is 18.9 Å². The zero-order valence-electron chi connectivity index (χ0n) is 6.32. The Labute approximate surface area is 81.5 Å². The predicted octanol–water partition coefficient (Wildman–Crippen LogP) is 1.98. The van der Waals surface area contributed by atoms with E-state index in [1.54, 1.807) is 3.69 Å². The highest BCUT2D eigenvalue weighted by Gasteiger charge is 1.97. The predicted molar refractivity (Wildman–Crippen MR) is 55.3 cm³/mol. The zero-order valence-corrected chi connectivity index (χ0v) is 9.89. The van der Waals surface area contributed by atoms with Crippen LogP contribution in [0.4, 0.5) is 0 Å². The van der Waals surface area contributed by atoms with Gasteiger partial charge in [-0.1, -0.05) is 29.3 Å². The summed E-state index contributed by atoms with van der Waals surface area (Å²) in [5.41, 5.74) is 2.86. The minimum Gasteiger partial charge on any atom is -0.291 e. The van der Waals surface area contributed by atoms with Crippen molar-refractivity contribution < 1.29 is 0 Å². The summed E-state index contributed by atoms with van der Waals surface area (Å²) in [4.78, 5) is 0. The van der Waals surface area contributed by atoms with Crippen LogP contribution in [0.3, 0.4) is 0 Å². The molecule has 0 nitrogen and oxygen atoms in total. The van der Waals surface area contributed by atoms with Crippen molar-refractivity contribution in [2.45, 2.75) is 13.8 Å². The molecule has 0 atom stereocenters. The van der Waals surface area contributed by atoms with Crippen molar-refractivity contribution in [2.75, 3.05) is 0 Å². The third kappa shape index (κ3) is 2.10. The molecule has 0 bridgehead atoms. The van der Waals surface area contributed by atoms with E-state index in [2.05, 4.69) is 50.9 Å². The second-order valence-corrected chi connectivity index (χ2v) is 5.88. The van der Waals surface area contributed by atoms with Crippen molar-refractivity contribution in [3.8, 4) is 0 Å². The third-order valence-corrected chi connectivity index (χ3v) is 5.16. The Morgan fingerprint density at radius 1 is 1.30 bits per heavy atom. The maximum atomic E-state index is 2.53. The van der Waals surface area contributed by atoms with E-state index in [9.17, 15) is 0 Å². The summed E-state index contributed by atoms with van der Waals surface area (Å²) in [5, 5.41) is 0. The molecule has 50 valence electrons. The fraction of sp³-hybridized carbons (Fsp3) is 0.250. The Hall–Kier alpha value is 0.716. The molecule has 0 fully saturated rings. The Bertz CT molecular complexity index is 233. The molecule has 1 aromatic rings. The first-order chi connectivity index (χ1) is 4.74. The molecule has 0 saturated heterocycles. The molecule has 0 aliphatic rings. The van der Waals surface area contributed by atoms with E-state index in [4.69, 9.17) is 0 Å². The van der Waals surface area contributed by atoms with Crippen molar-refractivity contribution >= 4 is 39.0 Å². The molecule has 1 aromatic carbocycles. The summed E-state index contributed by atoms with van der Waals surface area (Å²) in [7, 11) is 0. The summed E-state index contributed by atoms with van der Waals surface area (Å²) in [6.45, 7) is 4.35. The van der Waals surface area contributed by atoms with Crippen molar-refractivity contribution in [1.29, 1.82) is 0 Å². The molecular weight excluding hydrogens is 247 g/mol. The van der Waals surface area contributed by atoms with Gasteiger partial charge in [0, 0.05) is 0 Å². The van der Waals surface area contributed by atoms with Crippen LogP contribution in [0.15, 0.2) is 18.2 Å². The third-order valence-electron chi connectivity index (χ3n) is 1.65. The van der Waals surface area contributed by atoms with E-state index in [1.807, 2.05) is 0 Å². The van der Waals surface area contributed by atoms with Gasteiger partial charge in [0.1, 0.15) is 0 Å². The summed E-state index contributed by atoms with van der Waals surface area (Å²) in [5.74, 6) is 0. The first kappa shape index (κ1) is 8.81. The van der Waals surface area contributed by atoms with E-state index >= 15 is 0 Å². The summed E-state index contributed by atoms with van der Waals surface area (Å²) >= 11 is 2.55. The van der Waals surface area contributed by atoms with Crippen molar-refractivity contribution in [1.82, 2.24) is 0 Å². The van der Waals surface area contributed by atoms with Gasteiger partial charge in [-0.05, 0) is 13.8 Å². The van der Waals surface area contributed by atoms with Gasteiger partial charge in [0.2, 0.25) is 0 Å². The summed E-state index contributed by atoms with van der Waals surface area (Å²) in [6.07, 6.45) is 0. The highest BCUT2D eigenvalue weighted by Crippen LogP contribution is 1.99. The van der Waals surface area contributed by atoms with Gasteiger partial charge < -0.3 is 0 Å². The van der Waals surface area contributed by atoms with Gasteiger partial charge in [-0.3, -0.25) is 18.9 Å². The zero-order chi connectivity index (χ0) is 7.56. The number of hydrogen-bond donors (Lipinski definition) is 0. The first-order valence-corrected chi connectivity index (χ1v) is 9.18. The molecule has 10 heavy (non-hydrogen) atoms. The van der Waals surface area contributed by atoms with Crippen LogP contribution in [-0.2, 0) is 0 Å². The molecule has 0 heterocycles. The highest BCUT2D eigenvalue weighted by atomic mass is 127. The van der Waals surface area contributed by atoms with Crippen LogP contribution in [0.1, 0.15) is 11.1 Å². The minimum absolute atomic E-state index is 0.0109. The van der Waals surface area contributed by atoms with Crippen molar-refractivity contribution in [3.05, 3.63) is 29.3 Å². The van der Waals surface area contributed by atoms with Gasteiger partial charge in [0.15, 0.2) is 0 Å². The molecule has 0 amide bonds. The quantitative estimate of drug-likeness (QED) is 0.532. The maximum absolute atomic E-state index is 2.53. The topological polar surface area (TPSA) is 0 Å². The molecule has 0 N–H and O–H groups in total.